The number of nitriles is 1. The molecule has 6 rings (SSSR count). The van der Waals surface area contributed by atoms with E-state index in [-0.39, 0.29) is 5.60 Å². The first-order valence-corrected chi connectivity index (χ1v) is 14.6. The van der Waals surface area contributed by atoms with Crippen LogP contribution in [0.4, 0.5) is 0 Å². The average molecular weight is 499 g/mol. The molecule has 3 saturated heterocycles. The summed E-state index contributed by atoms with van der Waals surface area (Å²) in [6, 6.07) is 17.4. The Morgan fingerprint density at radius 2 is 1.76 bits per heavy atom. The zero-order valence-electron chi connectivity index (χ0n) is 22.2. The second-order valence-electron chi connectivity index (χ2n) is 12.1. The molecule has 2 aromatic rings. The lowest BCUT2D eigenvalue weighted by atomic mass is 9.71. The van der Waals surface area contributed by atoms with Crippen molar-refractivity contribution in [3.63, 3.8) is 0 Å². The maximum atomic E-state index is 9.39. The van der Waals surface area contributed by atoms with E-state index < -0.39 is 0 Å². The summed E-state index contributed by atoms with van der Waals surface area (Å²) in [4.78, 5) is 2.70. The average Bonchev–Trinajstić information content (AvgIpc) is 3.67. The molecular weight excluding hydrogens is 456 g/mol. The molecule has 0 amide bonds. The van der Waals surface area contributed by atoms with E-state index in [4.69, 9.17) is 4.74 Å². The van der Waals surface area contributed by atoms with Gasteiger partial charge in [-0.25, -0.2) is 0 Å². The molecule has 5 heteroatoms. The van der Waals surface area contributed by atoms with Crippen LogP contribution in [0, 0.1) is 22.7 Å². The van der Waals surface area contributed by atoms with Gasteiger partial charge in [-0.2, -0.15) is 5.26 Å². The van der Waals surface area contributed by atoms with Crippen LogP contribution in [-0.4, -0.2) is 44.4 Å². The molecule has 2 atom stereocenters. The fraction of sp³-hybridized carbons (Fsp3) is 0.594. The highest BCUT2D eigenvalue weighted by Gasteiger charge is 2.47. The quantitative estimate of drug-likeness (QED) is 0.567. The van der Waals surface area contributed by atoms with Crippen LogP contribution >= 0.6 is 0 Å². The van der Waals surface area contributed by atoms with Gasteiger partial charge >= 0.3 is 0 Å². The van der Waals surface area contributed by atoms with E-state index in [1.54, 1.807) is 0 Å². The van der Waals surface area contributed by atoms with Crippen molar-refractivity contribution in [3.8, 4) is 17.2 Å². The summed E-state index contributed by atoms with van der Waals surface area (Å²) in [5.74, 6) is 0.519. The van der Waals surface area contributed by atoms with E-state index in [1.807, 2.05) is 12.1 Å². The lowest BCUT2D eigenvalue weighted by Crippen LogP contribution is -2.41. The predicted octanol–water partition coefficient (Wildman–Crippen LogP) is 5.54. The third kappa shape index (κ3) is 4.98. The second kappa shape index (κ2) is 10.9. The fourth-order valence-corrected chi connectivity index (χ4v) is 7.76. The molecule has 4 fully saturated rings. The number of nitrogens with one attached hydrogen (secondary N) is 2. The summed E-state index contributed by atoms with van der Waals surface area (Å²) in [6.45, 7) is 7.19. The minimum absolute atomic E-state index is 0.302. The summed E-state index contributed by atoms with van der Waals surface area (Å²) in [5.41, 5.74) is 6.18. The highest BCUT2D eigenvalue weighted by Crippen LogP contribution is 2.48. The van der Waals surface area contributed by atoms with Crippen LogP contribution in [0.15, 0.2) is 42.5 Å². The SMILES string of the molecule is N#Cc1ccc(-c2cccc(CN3CCC4(CCNC4)C3)c2C2(C3CCCCCCC3)CNCO2)cc1. The Hall–Kier alpha value is -2.23. The largest absolute Gasteiger partial charge is 0.353 e. The van der Waals surface area contributed by atoms with Crippen LogP contribution in [0.25, 0.3) is 11.1 Å². The van der Waals surface area contributed by atoms with Crippen LogP contribution in [0.5, 0.6) is 0 Å². The molecule has 1 spiro atoms. The van der Waals surface area contributed by atoms with Crippen molar-refractivity contribution in [2.45, 2.75) is 69.9 Å². The molecule has 196 valence electrons. The smallest absolute Gasteiger partial charge is 0.111 e. The Balaban J connectivity index is 1.42. The van der Waals surface area contributed by atoms with Gasteiger partial charge in [0.1, 0.15) is 5.60 Å². The topological polar surface area (TPSA) is 60.3 Å². The van der Waals surface area contributed by atoms with Gasteiger partial charge in [0.05, 0.1) is 18.4 Å². The molecule has 3 heterocycles. The molecule has 4 aliphatic rings. The van der Waals surface area contributed by atoms with Gasteiger partial charge < -0.3 is 10.1 Å². The molecule has 5 nitrogen and oxygen atoms in total. The molecule has 1 aliphatic carbocycles. The van der Waals surface area contributed by atoms with Gasteiger partial charge in [0.2, 0.25) is 0 Å². The zero-order valence-corrected chi connectivity index (χ0v) is 22.2. The van der Waals surface area contributed by atoms with Crippen molar-refractivity contribution in [3.05, 3.63) is 59.2 Å². The summed E-state index contributed by atoms with van der Waals surface area (Å²) >= 11 is 0. The van der Waals surface area contributed by atoms with E-state index in [9.17, 15) is 5.26 Å². The maximum Gasteiger partial charge on any atom is 0.111 e. The molecule has 0 radical (unpaired) electrons. The zero-order chi connectivity index (χ0) is 25.1. The summed E-state index contributed by atoms with van der Waals surface area (Å²) in [5, 5.41) is 16.6. The Morgan fingerprint density at radius 1 is 0.946 bits per heavy atom. The van der Waals surface area contributed by atoms with Crippen molar-refractivity contribution in [2.75, 3.05) is 39.5 Å². The molecule has 3 aliphatic heterocycles. The highest BCUT2D eigenvalue weighted by molar-refractivity contribution is 5.71. The minimum atomic E-state index is -0.302. The lowest BCUT2D eigenvalue weighted by molar-refractivity contribution is -0.0507. The van der Waals surface area contributed by atoms with Gasteiger partial charge in [0.15, 0.2) is 0 Å². The van der Waals surface area contributed by atoms with E-state index >= 15 is 0 Å². The molecule has 37 heavy (non-hydrogen) atoms. The minimum Gasteiger partial charge on any atom is -0.353 e. The fourth-order valence-electron chi connectivity index (χ4n) is 7.76. The number of likely N-dealkylation sites (tertiary alicyclic amines) is 1. The van der Waals surface area contributed by atoms with Gasteiger partial charge in [-0.05, 0) is 84.5 Å². The first-order chi connectivity index (χ1) is 18.2. The van der Waals surface area contributed by atoms with Crippen molar-refractivity contribution >= 4 is 0 Å². The highest BCUT2D eigenvalue weighted by atomic mass is 16.5. The monoisotopic (exact) mass is 498 g/mol. The van der Waals surface area contributed by atoms with Crippen molar-refractivity contribution in [1.29, 1.82) is 5.26 Å². The Labute approximate surface area is 222 Å². The molecule has 0 bridgehead atoms. The summed E-state index contributed by atoms with van der Waals surface area (Å²) in [6.07, 6.45) is 11.7. The molecule has 2 unspecified atom stereocenters. The van der Waals surface area contributed by atoms with Gasteiger partial charge in [-0.1, -0.05) is 62.4 Å². The Morgan fingerprint density at radius 3 is 2.46 bits per heavy atom. The first-order valence-electron chi connectivity index (χ1n) is 14.6. The molecule has 1 saturated carbocycles. The normalized spacial score (nSPS) is 29.4. The Kier molecular flexibility index (Phi) is 7.36. The lowest BCUT2D eigenvalue weighted by Gasteiger charge is -2.41. The van der Waals surface area contributed by atoms with Crippen molar-refractivity contribution < 1.29 is 4.74 Å². The molecule has 0 aromatic heterocycles. The summed E-state index contributed by atoms with van der Waals surface area (Å²) in [7, 11) is 0. The van der Waals surface area contributed by atoms with Crippen LogP contribution in [0.3, 0.4) is 0 Å². The van der Waals surface area contributed by atoms with Crippen LogP contribution in [0.1, 0.15) is 74.5 Å². The van der Waals surface area contributed by atoms with Crippen LogP contribution < -0.4 is 10.6 Å². The first kappa shape index (κ1) is 25.1. The van der Waals surface area contributed by atoms with E-state index in [2.05, 4.69) is 51.9 Å². The van der Waals surface area contributed by atoms with Crippen LogP contribution in [-0.2, 0) is 16.9 Å². The number of hydrogen-bond donors (Lipinski definition) is 2. The van der Waals surface area contributed by atoms with E-state index in [0.717, 1.165) is 19.6 Å². The van der Waals surface area contributed by atoms with Gasteiger partial charge in [0.25, 0.3) is 0 Å². The van der Waals surface area contributed by atoms with E-state index in [0.29, 0.717) is 23.6 Å². The summed E-state index contributed by atoms with van der Waals surface area (Å²) < 4.78 is 6.88. The predicted molar refractivity (Wildman–Crippen MR) is 148 cm³/mol. The Bertz CT molecular complexity index is 1100. The number of rotatable bonds is 5. The third-order valence-electron chi connectivity index (χ3n) is 9.73. The van der Waals surface area contributed by atoms with Gasteiger partial charge in [0, 0.05) is 26.2 Å². The number of nitrogens with zero attached hydrogens (tertiary/aromatic N) is 2. The van der Waals surface area contributed by atoms with E-state index in [1.165, 1.54) is 99.7 Å². The van der Waals surface area contributed by atoms with Gasteiger partial charge in [-0.15, -0.1) is 0 Å². The third-order valence-corrected chi connectivity index (χ3v) is 9.73. The molecular formula is C32H42N4O. The van der Waals surface area contributed by atoms with Crippen molar-refractivity contribution in [2.24, 2.45) is 11.3 Å². The van der Waals surface area contributed by atoms with Crippen molar-refractivity contribution in [1.82, 2.24) is 15.5 Å². The number of benzene rings is 2. The van der Waals surface area contributed by atoms with Gasteiger partial charge in [-0.3, -0.25) is 10.2 Å². The standard InChI is InChI=1S/C32H42N4O/c33-19-25-11-13-26(14-12-25)29-10-6-7-27(20-36-18-16-31(23-36)15-17-34-21-31)30(29)32(22-35-24-37-32)28-8-4-2-1-3-5-9-28/h6-7,10-14,28,34-35H,1-5,8-9,15-18,20-24H2. The second-order valence-corrected chi connectivity index (χ2v) is 12.1. The number of ether oxygens (including phenoxy) is 1. The molecule has 2 N–H and O–H groups in total. The maximum absolute atomic E-state index is 9.39. The van der Waals surface area contributed by atoms with Crippen LogP contribution in [0.2, 0.25) is 0 Å². The number of hydrogen-bond acceptors (Lipinski definition) is 5. The molecule has 2 aromatic carbocycles.